The summed E-state index contributed by atoms with van der Waals surface area (Å²) in [5, 5.41) is 1.91. The molecule has 0 bridgehead atoms. The quantitative estimate of drug-likeness (QED) is 0.774. The van der Waals surface area contributed by atoms with Crippen LogP contribution in [0.1, 0.15) is 17.3 Å². The fourth-order valence-electron chi connectivity index (χ4n) is 2.60. The molecule has 19 heavy (non-hydrogen) atoms. The highest BCUT2D eigenvalue weighted by molar-refractivity contribution is 6.26. The van der Waals surface area contributed by atoms with Crippen LogP contribution in [0.25, 0.3) is 10.8 Å². The zero-order chi connectivity index (χ0) is 13.6. The third-order valence-electron chi connectivity index (χ3n) is 3.52. The van der Waals surface area contributed by atoms with Crippen LogP contribution in [0.3, 0.4) is 0 Å². The van der Waals surface area contributed by atoms with Crippen LogP contribution in [-0.2, 0) is 9.53 Å². The van der Waals surface area contributed by atoms with Gasteiger partial charge in [-0.05, 0) is 24.4 Å². The fourth-order valence-corrected chi connectivity index (χ4v) is 2.60. The molecule has 0 aliphatic carbocycles. The number of esters is 1. The first-order valence-corrected chi connectivity index (χ1v) is 6.08. The highest BCUT2D eigenvalue weighted by Crippen LogP contribution is 2.38. The van der Waals surface area contributed by atoms with Gasteiger partial charge in [-0.1, -0.05) is 24.3 Å². The molecule has 0 aromatic heterocycles. The minimum atomic E-state index is -0.629. The summed E-state index contributed by atoms with van der Waals surface area (Å²) < 4.78 is 4.73. The molecule has 2 aromatic carbocycles. The van der Waals surface area contributed by atoms with E-state index in [0.717, 1.165) is 16.5 Å². The molecule has 3 rings (SSSR count). The molecule has 1 heterocycles. The number of carbonyl (C=O) groups is 2. The van der Waals surface area contributed by atoms with E-state index in [1.165, 1.54) is 12.0 Å². The molecule has 0 saturated heterocycles. The van der Waals surface area contributed by atoms with Gasteiger partial charge in [-0.3, -0.25) is 9.69 Å². The summed E-state index contributed by atoms with van der Waals surface area (Å²) in [5.41, 5.74) is 1.42. The second kappa shape index (κ2) is 4.09. The molecule has 0 N–H and O–H groups in total. The van der Waals surface area contributed by atoms with E-state index < -0.39 is 12.0 Å². The van der Waals surface area contributed by atoms with Crippen molar-refractivity contribution in [3.8, 4) is 0 Å². The molecule has 1 aliphatic rings. The smallest absolute Gasteiger partial charge is 0.328 e. The van der Waals surface area contributed by atoms with Crippen molar-refractivity contribution in [3.63, 3.8) is 0 Å². The third-order valence-corrected chi connectivity index (χ3v) is 3.52. The summed E-state index contributed by atoms with van der Waals surface area (Å²) in [5.74, 6) is -0.567. The summed E-state index contributed by atoms with van der Waals surface area (Å²) >= 11 is 0. The number of carbonyl (C=O) groups excluding carboxylic acids is 2. The fraction of sp³-hybridized carbons (Fsp3) is 0.200. The molecule has 0 unspecified atom stereocenters. The lowest BCUT2D eigenvalue weighted by Gasteiger charge is -2.23. The van der Waals surface area contributed by atoms with Gasteiger partial charge in [0.1, 0.15) is 6.04 Å². The molecule has 1 atom stereocenters. The van der Waals surface area contributed by atoms with E-state index in [4.69, 9.17) is 4.74 Å². The van der Waals surface area contributed by atoms with Crippen molar-refractivity contribution in [1.82, 2.24) is 0 Å². The van der Waals surface area contributed by atoms with Gasteiger partial charge < -0.3 is 4.74 Å². The largest absolute Gasteiger partial charge is 0.467 e. The Morgan fingerprint density at radius 1 is 1.21 bits per heavy atom. The van der Waals surface area contributed by atoms with Crippen LogP contribution in [0.5, 0.6) is 0 Å². The maximum Gasteiger partial charge on any atom is 0.328 e. The van der Waals surface area contributed by atoms with Gasteiger partial charge in [0, 0.05) is 10.9 Å². The summed E-state index contributed by atoms with van der Waals surface area (Å²) in [4.78, 5) is 25.7. The standard InChI is InChI=1S/C15H13NO3/c1-9(15(18)19-2)16-12-8-4-6-10-5-3-7-11(13(10)12)14(16)17/h3-9H,1-2H3/t9-/m1/s1. The predicted octanol–water partition coefficient (Wildman–Crippen LogP) is 2.36. The zero-order valence-electron chi connectivity index (χ0n) is 10.7. The van der Waals surface area contributed by atoms with Crippen molar-refractivity contribution in [2.75, 3.05) is 12.0 Å². The highest BCUT2D eigenvalue weighted by atomic mass is 16.5. The topological polar surface area (TPSA) is 46.6 Å². The minimum absolute atomic E-state index is 0.148. The number of hydrogen-bond donors (Lipinski definition) is 0. The van der Waals surface area contributed by atoms with Gasteiger partial charge >= 0.3 is 5.97 Å². The van der Waals surface area contributed by atoms with E-state index in [2.05, 4.69) is 0 Å². The van der Waals surface area contributed by atoms with Crippen LogP contribution in [0, 0.1) is 0 Å². The Hall–Kier alpha value is -2.36. The van der Waals surface area contributed by atoms with Crippen LogP contribution in [0.2, 0.25) is 0 Å². The number of nitrogens with zero attached hydrogens (tertiary/aromatic N) is 1. The van der Waals surface area contributed by atoms with E-state index in [-0.39, 0.29) is 5.91 Å². The predicted molar refractivity (Wildman–Crippen MR) is 72.2 cm³/mol. The van der Waals surface area contributed by atoms with Crippen molar-refractivity contribution in [3.05, 3.63) is 42.0 Å². The number of methoxy groups -OCH3 is 1. The van der Waals surface area contributed by atoms with E-state index in [9.17, 15) is 9.59 Å². The molecule has 0 spiro atoms. The van der Waals surface area contributed by atoms with Gasteiger partial charge in [0.05, 0.1) is 12.8 Å². The number of benzene rings is 2. The summed E-state index contributed by atoms with van der Waals surface area (Å²) in [6.07, 6.45) is 0. The van der Waals surface area contributed by atoms with Crippen molar-refractivity contribution >= 4 is 28.3 Å². The SMILES string of the molecule is COC(=O)[C@@H](C)N1C(=O)c2cccc3cccc1c23. The summed E-state index contributed by atoms with van der Waals surface area (Å²) in [6, 6.07) is 10.7. The van der Waals surface area contributed by atoms with Crippen LogP contribution in [-0.4, -0.2) is 25.0 Å². The molecular weight excluding hydrogens is 242 g/mol. The third kappa shape index (κ3) is 1.53. The Morgan fingerprint density at radius 2 is 1.89 bits per heavy atom. The van der Waals surface area contributed by atoms with Crippen molar-refractivity contribution in [1.29, 1.82) is 0 Å². The van der Waals surface area contributed by atoms with Gasteiger partial charge in [-0.15, -0.1) is 0 Å². The second-order valence-corrected chi connectivity index (χ2v) is 4.56. The Kier molecular flexibility index (Phi) is 2.52. The molecule has 0 radical (unpaired) electrons. The normalized spacial score (nSPS) is 14.8. The summed E-state index contributed by atoms with van der Waals surface area (Å²) in [6.45, 7) is 1.68. The van der Waals surface area contributed by atoms with Crippen molar-refractivity contribution in [2.24, 2.45) is 0 Å². The second-order valence-electron chi connectivity index (χ2n) is 4.56. The molecule has 4 heteroatoms. The molecule has 1 amide bonds. The van der Waals surface area contributed by atoms with Crippen molar-refractivity contribution < 1.29 is 14.3 Å². The van der Waals surface area contributed by atoms with Gasteiger partial charge in [0.2, 0.25) is 0 Å². The van der Waals surface area contributed by atoms with Crippen molar-refractivity contribution in [2.45, 2.75) is 13.0 Å². The molecule has 2 aromatic rings. The number of ether oxygens (including phenoxy) is 1. The van der Waals surface area contributed by atoms with Crippen LogP contribution in [0.15, 0.2) is 36.4 Å². The monoisotopic (exact) mass is 255 g/mol. The van der Waals surface area contributed by atoms with Crippen LogP contribution < -0.4 is 4.90 Å². The van der Waals surface area contributed by atoms with Gasteiger partial charge in [0.25, 0.3) is 5.91 Å². The van der Waals surface area contributed by atoms with E-state index in [1.807, 2.05) is 30.3 Å². The lowest BCUT2D eigenvalue weighted by molar-refractivity contribution is -0.141. The first kappa shape index (κ1) is 11.7. The molecule has 0 fully saturated rings. The Labute approximate surface area is 110 Å². The molecular formula is C15H13NO3. The lowest BCUT2D eigenvalue weighted by atomic mass is 10.1. The molecule has 1 aliphatic heterocycles. The number of rotatable bonds is 2. The van der Waals surface area contributed by atoms with E-state index in [1.54, 1.807) is 13.0 Å². The lowest BCUT2D eigenvalue weighted by Crippen LogP contribution is -2.41. The van der Waals surface area contributed by atoms with Crippen LogP contribution in [0.4, 0.5) is 5.69 Å². The van der Waals surface area contributed by atoms with E-state index in [0.29, 0.717) is 5.56 Å². The first-order chi connectivity index (χ1) is 9.15. The molecule has 0 saturated carbocycles. The first-order valence-electron chi connectivity index (χ1n) is 6.08. The minimum Gasteiger partial charge on any atom is -0.467 e. The number of hydrogen-bond acceptors (Lipinski definition) is 3. The average molecular weight is 255 g/mol. The summed E-state index contributed by atoms with van der Waals surface area (Å²) in [7, 11) is 1.33. The number of amides is 1. The van der Waals surface area contributed by atoms with Gasteiger partial charge in [-0.25, -0.2) is 4.79 Å². The Bertz CT molecular complexity index is 688. The Morgan fingerprint density at radius 3 is 2.58 bits per heavy atom. The average Bonchev–Trinajstić information content (AvgIpc) is 2.73. The van der Waals surface area contributed by atoms with Gasteiger partial charge in [-0.2, -0.15) is 0 Å². The highest BCUT2D eigenvalue weighted by Gasteiger charge is 2.36. The zero-order valence-corrected chi connectivity index (χ0v) is 10.7. The van der Waals surface area contributed by atoms with Crippen LogP contribution >= 0.6 is 0 Å². The van der Waals surface area contributed by atoms with Gasteiger partial charge in [0.15, 0.2) is 0 Å². The Balaban J connectivity index is 2.21. The number of anilines is 1. The molecule has 4 nitrogen and oxygen atoms in total. The maximum absolute atomic E-state index is 12.5. The molecule has 96 valence electrons. The van der Waals surface area contributed by atoms with E-state index >= 15 is 0 Å². The maximum atomic E-state index is 12.5.